The van der Waals surface area contributed by atoms with Crippen LogP contribution in [0.4, 0.5) is 0 Å². The van der Waals surface area contributed by atoms with Gasteiger partial charge in [-0.15, -0.1) is 6.58 Å². The zero-order valence-corrected chi connectivity index (χ0v) is 10.2. The predicted octanol–water partition coefficient (Wildman–Crippen LogP) is 4.54. The van der Waals surface area contributed by atoms with Gasteiger partial charge in [0.05, 0.1) is 0 Å². The largest absolute Gasteiger partial charge is 0.458 e. The first-order valence-electron chi connectivity index (χ1n) is 5.21. The van der Waals surface area contributed by atoms with E-state index in [9.17, 15) is 0 Å². The van der Waals surface area contributed by atoms with E-state index in [1.54, 1.807) is 12.2 Å². The molecule has 0 radical (unpaired) electrons. The van der Waals surface area contributed by atoms with Crippen molar-refractivity contribution < 1.29 is 4.74 Å². The maximum absolute atomic E-state index is 5.47. The van der Waals surface area contributed by atoms with Crippen molar-refractivity contribution in [1.29, 1.82) is 0 Å². The van der Waals surface area contributed by atoms with Gasteiger partial charge in [-0.3, -0.25) is 0 Å². The van der Waals surface area contributed by atoms with E-state index in [-0.39, 0.29) is 5.92 Å². The third-order valence-electron chi connectivity index (χ3n) is 2.19. The van der Waals surface area contributed by atoms with Crippen molar-refractivity contribution >= 4 is 0 Å². The zero-order valence-electron chi connectivity index (χ0n) is 10.2. The van der Waals surface area contributed by atoms with Crippen molar-refractivity contribution in [2.24, 2.45) is 5.92 Å². The van der Waals surface area contributed by atoms with Gasteiger partial charge < -0.3 is 4.74 Å². The minimum absolute atomic E-state index is 0.244. The van der Waals surface area contributed by atoms with E-state index in [1.807, 2.05) is 25.2 Å². The Bertz CT molecular complexity index is 342. The molecule has 1 heteroatoms. The second-order valence-corrected chi connectivity index (χ2v) is 3.34. The van der Waals surface area contributed by atoms with Gasteiger partial charge in [0.2, 0.25) is 0 Å². The Morgan fingerprint density at radius 1 is 1.19 bits per heavy atom. The third-order valence-corrected chi connectivity index (χ3v) is 2.19. The minimum Gasteiger partial charge on any atom is -0.458 e. The van der Waals surface area contributed by atoms with Gasteiger partial charge in [-0.05, 0) is 36.6 Å². The van der Waals surface area contributed by atoms with Gasteiger partial charge in [-0.1, -0.05) is 38.8 Å². The summed E-state index contributed by atoms with van der Waals surface area (Å²) in [6.07, 6.45) is 9.03. The molecule has 0 aromatic rings. The standard InChI is InChI=1S/C15H20O/c1-7-12(5)14(9-3)11-15(10-4)16-13(6)8-2/h7-12H,1-3,6H2,4-5H3/b14-11-,15-10+. The number of hydrogen-bond donors (Lipinski definition) is 0. The Morgan fingerprint density at radius 3 is 2.19 bits per heavy atom. The molecule has 0 aliphatic heterocycles. The molecule has 0 spiro atoms. The van der Waals surface area contributed by atoms with Gasteiger partial charge in [0.1, 0.15) is 11.5 Å². The first-order chi connectivity index (χ1) is 7.58. The average Bonchev–Trinajstić information content (AvgIpc) is 2.32. The van der Waals surface area contributed by atoms with E-state index in [4.69, 9.17) is 4.74 Å². The van der Waals surface area contributed by atoms with Crippen molar-refractivity contribution in [2.75, 3.05) is 0 Å². The van der Waals surface area contributed by atoms with Crippen LogP contribution < -0.4 is 0 Å². The van der Waals surface area contributed by atoms with E-state index in [0.717, 1.165) is 11.3 Å². The number of ether oxygens (including phenoxy) is 1. The minimum atomic E-state index is 0.244. The summed E-state index contributed by atoms with van der Waals surface area (Å²) >= 11 is 0. The highest BCUT2D eigenvalue weighted by Crippen LogP contribution is 2.17. The van der Waals surface area contributed by atoms with Crippen LogP contribution in [0.3, 0.4) is 0 Å². The molecule has 0 saturated heterocycles. The van der Waals surface area contributed by atoms with E-state index in [1.165, 1.54) is 0 Å². The molecule has 16 heavy (non-hydrogen) atoms. The maximum atomic E-state index is 5.47. The Hall–Kier alpha value is -1.76. The summed E-state index contributed by atoms with van der Waals surface area (Å²) in [5, 5.41) is 0. The summed E-state index contributed by atoms with van der Waals surface area (Å²) in [4.78, 5) is 0. The van der Waals surface area contributed by atoms with Gasteiger partial charge in [-0.25, -0.2) is 0 Å². The van der Waals surface area contributed by atoms with Crippen LogP contribution in [0.15, 0.2) is 73.8 Å². The fraction of sp³-hybridized carbons (Fsp3) is 0.200. The van der Waals surface area contributed by atoms with Gasteiger partial charge in [-0.2, -0.15) is 0 Å². The Kier molecular flexibility index (Phi) is 6.69. The van der Waals surface area contributed by atoms with Crippen molar-refractivity contribution in [3.63, 3.8) is 0 Å². The van der Waals surface area contributed by atoms with Gasteiger partial charge in [0.15, 0.2) is 0 Å². The molecule has 1 atom stereocenters. The smallest absolute Gasteiger partial charge is 0.123 e. The van der Waals surface area contributed by atoms with E-state index < -0.39 is 0 Å². The molecule has 0 aromatic heterocycles. The quantitative estimate of drug-likeness (QED) is 0.345. The molecule has 1 nitrogen and oxygen atoms in total. The molecule has 0 amide bonds. The molecule has 86 valence electrons. The highest BCUT2D eigenvalue weighted by Gasteiger charge is 2.03. The molecule has 0 aliphatic carbocycles. The molecule has 0 N–H and O–H groups in total. The second kappa shape index (κ2) is 7.52. The molecule has 0 saturated carbocycles. The molecule has 1 unspecified atom stereocenters. The average molecular weight is 216 g/mol. The van der Waals surface area contributed by atoms with Crippen LogP contribution in [0.1, 0.15) is 13.8 Å². The van der Waals surface area contributed by atoms with E-state index in [2.05, 4.69) is 33.2 Å². The van der Waals surface area contributed by atoms with Crippen LogP contribution in [0, 0.1) is 5.92 Å². The summed E-state index contributed by atoms with van der Waals surface area (Å²) in [5.41, 5.74) is 1.06. The van der Waals surface area contributed by atoms with E-state index >= 15 is 0 Å². The lowest BCUT2D eigenvalue weighted by atomic mass is 10.0. The first kappa shape index (κ1) is 14.2. The number of allylic oxidation sites excluding steroid dienone is 6. The molecule has 0 aliphatic rings. The van der Waals surface area contributed by atoms with Gasteiger partial charge >= 0.3 is 0 Å². The molecule has 0 aromatic carbocycles. The monoisotopic (exact) mass is 216 g/mol. The molecule has 0 heterocycles. The Labute approximate surface area is 98.8 Å². The normalized spacial score (nSPS) is 13.9. The Morgan fingerprint density at radius 2 is 1.81 bits per heavy atom. The van der Waals surface area contributed by atoms with E-state index in [0.29, 0.717) is 5.76 Å². The van der Waals surface area contributed by atoms with Crippen LogP contribution in [0.2, 0.25) is 0 Å². The molecular weight excluding hydrogens is 196 g/mol. The molecule has 0 fully saturated rings. The molecule has 0 rings (SSSR count). The van der Waals surface area contributed by atoms with Crippen molar-refractivity contribution in [3.05, 3.63) is 73.8 Å². The maximum Gasteiger partial charge on any atom is 0.123 e. The van der Waals surface area contributed by atoms with Crippen LogP contribution in [0.5, 0.6) is 0 Å². The molecular formula is C15H20O. The lowest BCUT2D eigenvalue weighted by molar-refractivity contribution is 0.337. The van der Waals surface area contributed by atoms with Crippen molar-refractivity contribution in [1.82, 2.24) is 0 Å². The number of hydrogen-bond acceptors (Lipinski definition) is 1. The topological polar surface area (TPSA) is 9.23 Å². The lowest BCUT2D eigenvalue weighted by Crippen LogP contribution is -1.95. The summed E-state index contributed by atoms with van der Waals surface area (Å²) in [6.45, 7) is 18.8. The first-order valence-corrected chi connectivity index (χ1v) is 5.21. The van der Waals surface area contributed by atoms with Crippen LogP contribution in [-0.2, 0) is 4.74 Å². The summed E-state index contributed by atoms with van der Waals surface area (Å²) in [6, 6.07) is 0. The number of rotatable bonds is 7. The van der Waals surface area contributed by atoms with Crippen LogP contribution >= 0.6 is 0 Å². The fourth-order valence-electron chi connectivity index (χ4n) is 1.04. The lowest BCUT2D eigenvalue weighted by Gasteiger charge is -2.10. The summed E-state index contributed by atoms with van der Waals surface area (Å²) in [7, 11) is 0. The van der Waals surface area contributed by atoms with Crippen molar-refractivity contribution in [2.45, 2.75) is 13.8 Å². The zero-order chi connectivity index (χ0) is 12.6. The fourth-order valence-corrected chi connectivity index (χ4v) is 1.04. The predicted molar refractivity (Wildman–Crippen MR) is 71.8 cm³/mol. The Balaban J connectivity index is 4.91. The van der Waals surface area contributed by atoms with Crippen molar-refractivity contribution in [3.8, 4) is 0 Å². The molecule has 0 bridgehead atoms. The van der Waals surface area contributed by atoms with Crippen LogP contribution in [-0.4, -0.2) is 0 Å². The van der Waals surface area contributed by atoms with Gasteiger partial charge in [0.25, 0.3) is 0 Å². The highest BCUT2D eigenvalue weighted by molar-refractivity contribution is 5.30. The summed E-state index contributed by atoms with van der Waals surface area (Å²) < 4.78 is 5.47. The SMILES string of the molecule is C=CC(=C)OC(/C=C(/C=C)C(C)C=C)=C/C. The second-order valence-electron chi connectivity index (χ2n) is 3.34. The third kappa shape index (κ3) is 4.65. The van der Waals surface area contributed by atoms with Gasteiger partial charge in [0, 0.05) is 0 Å². The summed E-state index contributed by atoms with van der Waals surface area (Å²) in [5.74, 6) is 1.50. The highest BCUT2D eigenvalue weighted by atomic mass is 16.5. The van der Waals surface area contributed by atoms with Crippen LogP contribution in [0.25, 0.3) is 0 Å².